The van der Waals surface area contributed by atoms with Gasteiger partial charge in [-0.3, -0.25) is 0 Å². The summed E-state index contributed by atoms with van der Waals surface area (Å²) in [5.74, 6) is 0. The minimum Gasteiger partial charge on any atom is -0.304 e. The number of aromatic nitrogens is 1. The molecule has 0 spiro atoms. The Hall–Kier alpha value is -1.63. The van der Waals surface area contributed by atoms with Crippen molar-refractivity contribution in [2.24, 2.45) is 0 Å². The van der Waals surface area contributed by atoms with Gasteiger partial charge in [0.25, 0.3) is 0 Å². The molecule has 0 aliphatic rings. The molecule has 1 nitrogen and oxygen atoms in total. The second kappa shape index (κ2) is 3.40. The van der Waals surface area contributed by atoms with Gasteiger partial charge >= 0.3 is 0 Å². The van der Waals surface area contributed by atoms with E-state index < -0.39 is 0 Å². The van der Waals surface area contributed by atoms with Crippen LogP contribution in [0.25, 0.3) is 11.3 Å². The molecular weight excluding hydrogens is 158 g/mol. The Balaban J connectivity index is 2.42. The van der Waals surface area contributed by atoms with Gasteiger partial charge < -0.3 is 4.98 Å². The lowest BCUT2D eigenvalue weighted by Gasteiger charge is -2.06. The first-order valence-electron chi connectivity index (χ1n) is 4.26. The fourth-order valence-corrected chi connectivity index (χ4v) is 1.18. The summed E-state index contributed by atoms with van der Waals surface area (Å²) < 4.78 is 0. The van der Waals surface area contributed by atoms with Crippen LogP contribution in [0.15, 0.2) is 42.6 Å². The number of hydrogen-bond donors (Lipinski definition) is 0. The SMILES string of the molecule is Cc1ccc(-c2[c-]cccc2)nc1. The first-order valence-corrected chi connectivity index (χ1v) is 4.26. The van der Waals surface area contributed by atoms with E-state index in [0.717, 1.165) is 11.3 Å². The van der Waals surface area contributed by atoms with Crippen molar-refractivity contribution in [1.82, 2.24) is 4.98 Å². The van der Waals surface area contributed by atoms with Crippen LogP contribution < -0.4 is 0 Å². The van der Waals surface area contributed by atoms with Crippen LogP contribution in [0.2, 0.25) is 0 Å². The maximum absolute atomic E-state index is 4.32. The Morgan fingerprint density at radius 3 is 2.69 bits per heavy atom. The molecule has 0 saturated carbocycles. The Morgan fingerprint density at radius 1 is 1.15 bits per heavy atom. The van der Waals surface area contributed by atoms with Crippen LogP contribution in [0.1, 0.15) is 5.56 Å². The van der Waals surface area contributed by atoms with Gasteiger partial charge in [0.05, 0.1) is 0 Å². The zero-order valence-electron chi connectivity index (χ0n) is 7.49. The highest BCUT2D eigenvalue weighted by Gasteiger charge is 1.88. The van der Waals surface area contributed by atoms with Crippen LogP contribution in [0, 0.1) is 13.0 Å². The zero-order chi connectivity index (χ0) is 9.10. The quantitative estimate of drug-likeness (QED) is 0.597. The predicted molar refractivity (Wildman–Crippen MR) is 53.2 cm³/mol. The lowest BCUT2D eigenvalue weighted by atomic mass is 10.1. The molecule has 0 N–H and O–H groups in total. The van der Waals surface area contributed by atoms with E-state index in [1.165, 1.54) is 5.56 Å². The van der Waals surface area contributed by atoms with Crippen LogP contribution in [0.3, 0.4) is 0 Å². The van der Waals surface area contributed by atoms with E-state index >= 15 is 0 Å². The van der Waals surface area contributed by atoms with E-state index in [9.17, 15) is 0 Å². The predicted octanol–water partition coefficient (Wildman–Crippen LogP) is 2.86. The second-order valence-electron chi connectivity index (χ2n) is 3.00. The minimum absolute atomic E-state index is 0.978. The first kappa shape index (κ1) is 7.99. The maximum atomic E-state index is 4.32. The molecule has 1 aromatic heterocycles. The summed E-state index contributed by atoms with van der Waals surface area (Å²) in [6.45, 7) is 2.03. The summed E-state index contributed by atoms with van der Waals surface area (Å²) in [6.07, 6.45) is 1.87. The molecule has 1 heterocycles. The molecule has 0 amide bonds. The summed E-state index contributed by atoms with van der Waals surface area (Å²) in [4.78, 5) is 4.32. The van der Waals surface area contributed by atoms with Crippen molar-refractivity contribution in [2.45, 2.75) is 6.92 Å². The van der Waals surface area contributed by atoms with Crippen LogP contribution in [0.4, 0.5) is 0 Å². The Morgan fingerprint density at radius 2 is 2.08 bits per heavy atom. The zero-order valence-corrected chi connectivity index (χ0v) is 7.49. The van der Waals surface area contributed by atoms with Gasteiger partial charge in [-0.15, -0.1) is 35.9 Å². The third-order valence-corrected chi connectivity index (χ3v) is 1.90. The molecule has 64 valence electrons. The van der Waals surface area contributed by atoms with Gasteiger partial charge in [0.15, 0.2) is 0 Å². The molecule has 0 fully saturated rings. The fraction of sp³-hybridized carbons (Fsp3) is 0.0833. The van der Waals surface area contributed by atoms with Gasteiger partial charge in [0, 0.05) is 6.20 Å². The molecule has 0 saturated heterocycles. The van der Waals surface area contributed by atoms with Crippen LogP contribution in [0.5, 0.6) is 0 Å². The van der Waals surface area contributed by atoms with Crippen LogP contribution >= 0.6 is 0 Å². The molecule has 0 unspecified atom stereocenters. The van der Waals surface area contributed by atoms with Crippen molar-refractivity contribution in [3.05, 3.63) is 54.2 Å². The molecule has 0 aliphatic heterocycles. The molecular formula is C12H10N-. The third-order valence-electron chi connectivity index (χ3n) is 1.90. The number of aryl methyl sites for hydroxylation is 1. The molecule has 0 aliphatic carbocycles. The largest absolute Gasteiger partial charge is 0.304 e. The number of nitrogens with zero attached hydrogens (tertiary/aromatic N) is 1. The van der Waals surface area contributed by atoms with Gasteiger partial charge in [-0.1, -0.05) is 12.1 Å². The van der Waals surface area contributed by atoms with E-state index in [1.54, 1.807) is 0 Å². The molecule has 1 heteroatoms. The van der Waals surface area contributed by atoms with Crippen molar-refractivity contribution in [3.63, 3.8) is 0 Å². The normalized spacial score (nSPS) is 9.92. The summed E-state index contributed by atoms with van der Waals surface area (Å²) >= 11 is 0. The second-order valence-corrected chi connectivity index (χ2v) is 3.00. The Kier molecular flexibility index (Phi) is 2.09. The minimum atomic E-state index is 0.978. The molecule has 0 bridgehead atoms. The molecule has 13 heavy (non-hydrogen) atoms. The van der Waals surface area contributed by atoms with Gasteiger partial charge in [0.2, 0.25) is 0 Å². The summed E-state index contributed by atoms with van der Waals surface area (Å²) in [5, 5.41) is 0. The molecule has 2 rings (SSSR count). The third kappa shape index (κ3) is 1.75. The molecule has 0 radical (unpaired) electrons. The lowest BCUT2D eigenvalue weighted by Crippen LogP contribution is -1.83. The van der Waals surface area contributed by atoms with E-state index in [1.807, 2.05) is 43.5 Å². The first-order chi connectivity index (χ1) is 6.36. The molecule has 1 aromatic carbocycles. The number of rotatable bonds is 1. The summed E-state index contributed by atoms with van der Waals surface area (Å²) in [6, 6.07) is 15.1. The average molecular weight is 168 g/mol. The average Bonchev–Trinajstić information content (AvgIpc) is 2.20. The van der Waals surface area contributed by atoms with E-state index in [4.69, 9.17) is 0 Å². The van der Waals surface area contributed by atoms with Crippen molar-refractivity contribution in [2.75, 3.05) is 0 Å². The highest BCUT2D eigenvalue weighted by atomic mass is 14.7. The van der Waals surface area contributed by atoms with Gasteiger partial charge in [-0.25, -0.2) is 0 Å². The van der Waals surface area contributed by atoms with Crippen LogP contribution in [-0.4, -0.2) is 4.98 Å². The van der Waals surface area contributed by atoms with Crippen LogP contribution in [-0.2, 0) is 0 Å². The van der Waals surface area contributed by atoms with E-state index in [-0.39, 0.29) is 0 Å². The van der Waals surface area contributed by atoms with Crippen molar-refractivity contribution in [3.8, 4) is 11.3 Å². The number of benzene rings is 1. The highest BCUT2D eigenvalue weighted by Crippen LogP contribution is 2.14. The van der Waals surface area contributed by atoms with Gasteiger partial charge in [0.1, 0.15) is 0 Å². The Labute approximate surface area is 78.1 Å². The summed E-state index contributed by atoms with van der Waals surface area (Å²) in [5.41, 5.74) is 3.20. The van der Waals surface area contributed by atoms with Gasteiger partial charge in [-0.2, -0.15) is 0 Å². The van der Waals surface area contributed by atoms with Crippen molar-refractivity contribution < 1.29 is 0 Å². The Bertz CT molecular complexity index is 376. The lowest BCUT2D eigenvalue weighted by molar-refractivity contribution is 1.27. The van der Waals surface area contributed by atoms with E-state index in [0.29, 0.717) is 0 Å². The topological polar surface area (TPSA) is 12.9 Å². The van der Waals surface area contributed by atoms with Crippen molar-refractivity contribution in [1.29, 1.82) is 0 Å². The molecule has 2 aromatic rings. The number of hydrogen-bond acceptors (Lipinski definition) is 1. The maximum Gasteiger partial charge on any atom is 0.0190 e. The van der Waals surface area contributed by atoms with E-state index in [2.05, 4.69) is 17.1 Å². The molecule has 0 atom stereocenters. The number of pyridine rings is 1. The standard InChI is InChI=1S/C12H10N/c1-10-7-8-12(13-9-10)11-5-3-2-4-6-11/h2-5,7-9H,1H3/q-1. The van der Waals surface area contributed by atoms with Crippen molar-refractivity contribution >= 4 is 0 Å². The highest BCUT2D eigenvalue weighted by molar-refractivity contribution is 5.57. The smallest absolute Gasteiger partial charge is 0.0190 e. The fourth-order valence-electron chi connectivity index (χ4n) is 1.18. The monoisotopic (exact) mass is 168 g/mol. The summed E-state index contributed by atoms with van der Waals surface area (Å²) in [7, 11) is 0. The van der Waals surface area contributed by atoms with Gasteiger partial charge in [-0.05, 0) is 18.2 Å².